The third-order valence-electron chi connectivity index (χ3n) is 9.80. The minimum absolute atomic E-state index is 0.0443. The summed E-state index contributed by atoms with van der Waals surface area (Å²) in [5.41, 5.74) is -3.90. The fourth-order valence-corrected chi connectivity index (χ4v) is 7.24. The van der Waals surface area contributed by atoms with E-state index in [1.165, 1.54) is 25.3 Å². The van der Waals surface area contributed by atoms with E-state index in [1.54, 1.807) is 6.92 Å². The van der Waals surface area contributed by atoms with Gasteiger partial charge in [0.05, 0.1) is 60.8 Å². The normalized spacial score (nSPS) is 31.2. The van der Waals surface area contributed by atoms with Crippen LogP contribution >= 0.6 is 0 Å². The Kier molecular flexibility index (Phi) is 9.16. The highest BCUT2D eigenvalue weighted by molar-refractivity contribution is 6.31. The van der Waals surface area contributed by atoms with Crippen LogP contribution in [0.15, 0.2) is 18.2 Å². The lowest BCUT2D eigenvalue weighted by Gasteiger charge is -2.43. The van der Waals surface area contributed by atoms with Gasteiger partial charge in [-0.25, -0.2) is 0 Å². The monoisotopic (exact) mass is 670 g/mol. The Morgan fingerprint density at radius 2 is 1.81 bits per heavy atom. The van der Waals surface area contributed by atoms with E-state index < -0.39 is 108 Å². The largest absolute Gasteiger partial charge is 0.507 e. The molecular formula is C33H38N2O13. The number of methoxy groups -OCH3 is 1. The first-order valence-corrected chi connectivity index (χ1v) is 15.7. The summed E-state index contributed by atoms with van der Waals surface area (Å²) in [5, 5.41) is 70.9. The Labute approximate surface area is 274 Å². The summed E-state index contributed by atoms with van der Waals surface area (Å²) in [6.07, 6.45) is -6.06. The SMILES string of the molecule is COc1cccc2c1C(=O)c1c(O)c3c(c(O)c1C2=O)C[C@@](O)(C(=O)CO)C[C@@H]3OC1CC(NCC(=O)[C@@H]2C[C@@H](O)CN2)C(O)C(C)O1. The second-order valence-corrected chi connectivity index (χ2v) is 12.8. The van der Waals surface area contributed by atoms with E-state index >= 15 is 0 Å². The first-order valence-electron chi connectivity index (χ1n) is 15.7. The molecule has 0 radical (unpaired) electrons. The van der Waals surface area contributed by atoms with Crippen LogP contribution in [0.2, 0.25) is 0 Å². The number of carbonyl (C=O) groups is 4. The maximum atomic E-state index is 13.8. The number of rotatable bonds is 9. The van der Waals surface area contributed by atoms with Crippen LogP contribution in [-0.4, -0.2) is 123 Å². The summed E-state index contributed by atoms with van der Waals surface area (Å²) in [6.45, 7) is 0.671. The molecule has 4 unspecified atom stereocenters. The van der Waals surface area contributed by atoms with Gasteiger partial charge in [-0.15, -0.1) is 0 Å². The number of Topliss-reactive ketones (excluding diaryl/α,β-unsaturated/α-hetero) is 2. The second-order valence-electron chi connectivity index (χ2n) is 12.8. The third-order valence-corrected chi connectivity index (χ3v) is 9.80. The molecule has 2 fully saturated rings. The van der Waals surface area contributed by atoms with E-state index in [2.05, 4.69) is 10.6 Å². The molecule has 15 nitrogen and oxygen atoms in total. The van der Waals surface area contributed by atoms with Crippen LogP contribution in [-0.2, 0) is 25.5 Å². The summed E-state index contributed by atoms with van der Waals surface area (Å²) in [5.74, 6) is -4.19. The molecule has 0 amide bonds. The van der Waals surface area contributed by atoms with Crippen molar-refractivity contribution in [2.24, 2.45) is 0 Å². The van der Waals surface area contributed by atoms with E-state index in [0.29, 0.717) is 6.54 Å². The summed E-state index contributed by atoms with van der Waals surface area (Å²) >= 11 is 0. The van der Waals surface area contributed by atoms with Gasteiger partial charge in [0.2, 0.25) is 5.78 Å². The standard InChI is InChI=1S/C33H38N2O13/c1-13-28(40)18(35-11-19(38)17-6-14(37)10-34-17)7-23(47-13)48-21-9-33(45,22(39)12-36)8-16-25(21)32(44)27-26(30(16)42)29(41)15-4-3-5-20(46-2)24(15)31(27)43/h3-5,13-14,17-18,21,23,28,34-37,40,42,44-45H,6-12H2,1-2H3/t13?,14-,17+,18?,21+,23?,28?,33+/m1/s1. The Bertz CT molecular complexity index is 1680. The number of carbonyl (C=O) groups excluding carboxylic acids is 4. The molecular weight excluding hydrogens is 632 g/mol. The van der Waals surface area contributed by atoms with E-state index in [0.717, 1.165) is 0 Å². The Morgan fingerprint density at radius 3 is 2.48 bits per heavy atom. The fraction of sp³-hybridized carbons (Fsp3) is 0.515. The van der Waals surface area contributed by atoms with E-state index in [9.17, 15) is 49.8 Å². The van der Waals surface area contributed by atoms with E-state index in [4.69, 9.17) is 14.2 Å². The van der Waals surface area contributed by atoms with Gasteiger partial charge in [0, 0.05) is 48.5 Å². The molecule has 2 saturated heterocycles. The van der Waals surface area contributed by atoms with Gasteiger partial charge in [-0.3, -0.25) is 19.2 Å². The smallest absolute Gasteiger partial charge is 0.202 e. The summed E-state index contributed by atoms with van der Waals surface area (Å²) in [4.78, 5) is 53.1. The van der Waals surface area contributed by atoms with Gasteiger partial charge in [-0.1, -0.05) is 12.1 Å². The molecule has 6 rings (SSSR count). The molecule has 48 heavy (non-hydrogen) atoms. The van der Waals surface area contributed by atoms with Crippen molar-refractivity contribution in [3.8, 4) is 17.2 Å². The minimum Gasteiger partial charge on any atom is -0.507 e. The van der Waals surface area contributed by atoms with Crippen molar-refractivity contribution in [1.82, 2.24) is 10.6 Å². The topological polar surface area (TPSA) is 241 Å². The highest BCUT2D eigenvalue weighted by Gasteiger charge is 2.50. The number of phenols is 2. The molecule has 4 aliphatic rings. The van der Waals surface area contributed by atoms with Gasteiger partial charge in [0.1, 0.15) is 29.5 Å². The number of fused-ring (bicyclic) bond motifs is 3. The molecule has 258 valence electrons. The zero-order valence-corrected chi connectivity index (χ0v) is 26.3. The van der Waals surface area contributed by atoms with Crippen molar-refractivity contribution in [2.75, 3.05) is 26.8 Å². The quantitative estimate of drug-likeness (QED) is 0.126. The van der Waals surface area contributed by atoms with E-state index in [-0.39, 0.29) is 53.2 Å². The van der Waals surface area contributed by atoms with Crippen molar-refractivity contribution in [3.05, 3.63) is 51.6 Å². The summed E-state index contributed by atoms with van der Waals surface area (Å²) < 4.78 is 17.4. The molecule has 0 bridgehead atoms. The molecule has 8 atom stereocenters. The lowest BCUT2D eigenvalue weighted by atomic mass is 9.72. The van der Waals surface area contributed by atoms with Gasteiger partial charge < -0.3 is 55.5 Å². The highest BCUT2D eigenvalue weighted by Crippen LogP contribution is 2.52. The molecule has 15 heteroatoms. The van der Waals surface area contributed by atoms with Crippen molar-refractivity contribution >= 4 is 23.1 Å². The van der Waals surface area contributed by atoms with Crippen LogP contribution in [0.4, 0.5) is 0 Å². The highest BCUT2D eigenvalue weighted by atomic mass is 16.7. The lowest BCUT2D eigenvalue weighted by molar-refractivity contribution is -0.249. The van der Waals surface area contributed by atoms with Crippen LogP contribution in [0, 0.1) is 0 Å². The van der Waals surface area contributed by atoms with Crippen LogP contribution in [0.1, 0.15) is 75.3 Å². The summed E-state index contributed by atoms with van der Waals surface area (Å²) in [6, 6.07) is 3.05. The van der Waals surface area contributed by atoms with Gasteiger partial charge in [-0.05, 0) is 19.4 Å². The van der Waals surface area contributed by atoms with E-state index in [1.807, 2.05) is 0 Å². The average molecular weight is 671 g/mol. The lowest BCUT2D eigenvalue weighted by Crippen LogP contribution is -2.56. The zero-order valence-electron chi connectivity index (χ0n) is 26.3. The van der Waals surface area contributed by atoms with Gasteiger partial charge in [0.25, 0.3) is 0 Å². The number of aromatic hydroxyl groups is 2. The predicted molar refractivity (Wildman–Crippen MR) is 163 cm³/mol. The van der Waals surface area contributed by atoms with Crippen molar-refractivity contribution in [2.45, 2.75) is 81.0 Å². The molecule has 2 heterocycles. The number of hydrogen-bond acceptors (Lipinski definition) is 15. The molecule has 8 N–H and O–H groups in total. The Balaban J connectivity index is 1.35. The molecule has 0 spiro atoms. The zero-order chi connectivity index (χ0) is 34.7. The van der Waals surface area contributed by atoms with Crippen molar-refractivity contribution in [1.29, 1.82) is 0 Å². The number of aliphatic hydroxyl groups excluding tert-OH is 3. The number of aliphatic hydroxyl groups is 4. The first kappa shape index (κ1) is 34.1. The first-order chi connectivity index (χ1) is 22.8. The van der Waals surface area contributed by atoms with Crippen molar-refractivity contribution in [3.63, 3.8) is 0 Å². The molecule has 2 aliphatic carbocycles. The van der Waals surface area contributed by atoms with Crippen LogP contribution < -0.4 is 15.4 Å². The molecule has 2 aromatic rings. The van der Waals surface area contributed by atoms with Crippen LogP contribution in [0.25, 0.3) is 0 Å². The third kappa shape index (κ3) is 5.69. The number of benzene rings is 2. The molecule has 0 aromatic heterocycles. The van der Waals surface area contributed by atoms with Crippen molar-refractivity contribution < 1.29 is 64.0 Å². The Hall–Kier alpha value is -3.80. The average Bonchev–Trinajstić information content (AvgIpc) is 3.51. The summed E-state index contributed by atoms with van der Waals surface area (Å²) in [7, 11) is 1.31. The van der Waals surface area contributed by atoms with Gasteiger partial charge in [0.15, 0.2) is 23.6 Å². The fourth-order valence-electron chi connectivity index (χ4n) is 7.24. The second kappa shape index (κ2) is 12.9. The molecule has 0 saturated carbocycles. The maximum absolute atomic E-state index is 13.8. The number of ether oxygens (including phenoxy) is 3. The van der Waals surface area contributed by atoms with Gasteiger partial charge in [-0.2, -0.15) is 0 Å². The van der Waals surface area contributed by atoms with Gasteiger partial charge >= 0.3 is 0 Å². The minimum atomic E-state index is -2.31. The predicted octanol–water partition coefficient (Wildman–Crippen LogP) is -1.08. The van der Waals surface area contributed by atoms with Crippen LogP contribution in [0.3, 0.4) is 0 Å². The number of ketones is 4. The number of hydrogen-bond donors (Lipinski definition) is 8. The molecule has 2 aromatic carbocycles. The molecule has 2 aliphatic heterocycles. The number of phenolic OH excluding ortho intramolecular Hbond substituents is 2. The maximum Gasteiger partial charge on any atom is 0.202 e. The van der Waals surface area contributed by atoms with Crippen LogP contribution in [0.5, 0.6) is 17.2 Å². The number of β-amino-alcohol motifs (C(OH)–C–C–N with tert-alkyl or cyclic N) is 1. The number of nitrogens with one attached hydrogen (secondary N) is 2. The Morgan fingerprint density at radius 1 is 1.08 bits per heavy atom.